The molecule has 1 fully saturated rings. The van der Waals surface area contributed by atoms with Crippen molar-refractivity contribution in [1.29, 1.82) is 0 Å². The standard InChI is InChI=1S/C15H13F3N2/c16-11-4-13(17)15(14(18)5-11)10-3-9(6-19-8-10)7-20-12-1-2-12/h3-6,8,12,20H,1-2,7H2. The van der Waals surface area contributed by atoms with E-state index in [4.69, 9.17) is 0 Å². The third kappa shape index (κ3) is 2.82. The van der Waals surface area contributed by atoms with Crippen molar-refractivity contribution >= 4 is 0 Å². The predicted octanol–water partition coefficient (Wildman–Crippen LogP) is 3.42. The van der Waals surface area contributed by atoms with Crippen molar-refractivity contribution in [3.8, 4) is 11.1 Å². The summed E-state index contributed by atoms with van der Waals surface area (Å²) in [5.41, 5.74) is 0.916. The summed E-state index contributed by atoms with van der Waals surface area (Å²) in [6.45, 7) is 0.607. The Morgan fingerprint density at radius 3 is 2.40 bits per heavy atom. The van der Waals surface area contributed by atoms with Crippen LogP contribution < -0.4 is 5.32 Å². The second-order valence-corrected chi connectivity index (χ2v) is 4.98. The number of benzene rings is 1. The van der Waals surface area contributed by atoms with Crippen LogP contribution in [-0.2, 0) is 6.54 Å². The molecule has 0 unspecified atom stereocenters. The average molecular weight is 278 g/mol. The Kier molecular flexibility index (Phi) is 3.44. The summed E-state index contributed by atoms with van der Waals surface area (Å²) in [7, 11) is 0. The highest BCUT2D eigenvalue weighted by atomic mass is 19.1. The van der Waals surface area contributed by atoms with Crippen LogP contribution >= 0.6 is 0 Å². The van der Waals surface area contributed by atoms with Crippen LogP contribution in [0.5, 0.6) is 0 Å². The quantitative estimate of drug-likeness (QED) is 0.927. The lowest BCUT2D eigenvalue weighted by Gasteiger charge is -2.08. The second kappa shape index (κ2) is 5.25. The van der Waals surface area contributed by atoms with E-state index in [1.165, 1.54) is 6.20 Å². The van der Waals surface area contributed by atoms with Gasteiger partial charge in [-0.1, -0.05) is 0 Å². The van der Waals surface area contributed by atoms with Crippen LogP contribution in [-0.4, -0.2) is 11.0 Å². The van der Waals surface area contributed by atoms with Crippen LogP contribution in [0.15, 0.2) is 30.6 Å². The van der Waals surface area contributed by atoms with E-state index in [0.29, 0.717) is 30.3 Å². The summed E-state index contributed by atoms with van der Waals surface area (Å²) in [4.78, 5) is 4.00. The lowest BCUT2D eigenvalue weighted by Crippen LogP contribution is -2.15. The molecule has 0 saturated heterocycles. The van der Waals surface area contributed by atoms with E-state index in [1.807, 2.05) is 0 Å². The molecule has 1 N–H and O–H groups in total. The Hall–Kier alpha value is -1.88. The Morgan fingerprint density at radius 1 is 1.05 bits per heavy atom. The predicted molar refractivity (Wildman–Crippen MR) is 69.4 cm³/mol. The molecule has 1 aromatic heterocycles. The first-order valence-electron chi connectivity index (χ1n) is 6.46. The van der Waals surface area contributed by atoms with Gasteiger partial charge in [0.25, 0.3) is 0 Å². The van der Waals surface area contributed by atoms with Crippen LogP contribution in [0.1, 0.15) is 18.4 Å². The molecular weight excluding hydrogens is 265 g/mol. The van der Waals surface area contributed by atoms with Crippen molar-refractivity contribution in [1.82, 2.24) is 10.3 Å². The monoisotopic (exact) mass is 278 g/mol. The van der Waals surface area contributed by atoms with Gasteiger partial charge >= 0.3 is 0 Å². The van der Waals surface area contributed by atoms with Gasteiger partial charge in [0.2, 0.25) is 0 Å². The molecule has 1 aliphatic rings. The van der Waals surface area contributed by atoms with Crippen LogP contribution in [0.2, 0.25) is 0 Å². The zero-order valence-corrected chi connectivity index (χ0v) is 10.7. The average Bonchev–Trinajstić information content (AvgIpc) is 3.19. The summed E-state index contributed by atoms with van der Waals surface area (Å²) in [5.74, 6) is -2.77. The van der Waals surface area contributed by atoms with Crippen LogP contribution in [0.25, 0.3) is 11.1 Å². The minimum absolute atomic E-state index is 0.243. The highest BCUT2D eigenvalue weighted by Gasteiger charge is 2.20. The highest BCUT2D eigenvalue weighted by Crippen LogP contribution is 2.27. The molecule has 0 amide bonds. The summed E-state index contributed by atoms with van der Waals surface area (Å²) in [6.07, 6.45) is 5.35. The van der Waals surface area contributed by atoms with Crippen molar-refractivity contribution in [2.24, 2.45) is 0 Å². The molecule has 0 bridgehead atoms. The number of pyridine rings is 1. The lowest BCUT2D eigenvalue weighted by atomic mass is 10.0. The molecule has 0 radical (unpaired) electrons. The Balaban J connectivity index is 1.91. The maximum absolute atomic E-state index is 13.7. The minimum atomic E-state index is -0.928. The normalized spacial score (nSPS) is 14.6. The fourth-order valence-electron chi connectivity index (χ4n) is 2.09. The number of halogens is 3. The second-order valence-electron chi connectivity index (χ2n) is 4.98. The van der Waals surface area contributed by atoms with Crippen LogP contribution in [0, 0.1) is 17.5 Å². The van der Waals surface area contributed by atoms with Gasteiger partial charge in [-0.15, -0.1) is 0 Å². The van der Waals surface area contributed by atoms with Gasteiger partial charge in [0.05, 0.1) is 5.56 Å². The van der Waals surface area contributed by atoms with Gasteiger partial charge in [0.1, 0.15) is 17.5 Å². The van der Waals surface area contributed by atoms with Gasteiger partial charge in [-0.25, -0.2) is 13.2 Å². The number of rotatable bonds is 4. The molecule has 0 aliphatic heterocycles. The highest BCUT2D eigenvalue weighted by molar-refractivity contribution is 5.64. The zero-order chi connectivity index (χ0) is 14.1. The zero-order valence-electron chi connectivity index (χ0n) is 10.7. The number of hydrogen-bond acceptors (Lipinski definition) is 2. The summed E-state index contributed by atoms with van der Waals surface area (Å²) >= 11 is 0. The Labute approximate surface area is 114 Å². The summed E-state index contributed by atoms with van der Waals surface area (Å²) in [6, 6.07) is 3.56. The molecule has 1 aromatic carbocycles. The van der Waals surface area contributed by atoms with E-state index in [-0.39, 0.29) is 5.56 Å². The van der Waals surface area contributed by atoms with Crippen LogP contribution in [0.4, 0.5) is 13.2 Å². The number of aromatic nitrogens is 1. The molecule has 3 rings (SSSR count). The topological polar surface area (TPSA) is 24.9 Å². The third-order valence-corrected chi connectivity index (χ3v) is 3.26. The Morgan fingerprint density at radius 2 is 1.75 bits per heavy atom. The van der Waals surface area contributed by atoms with Gasteiger partial charge in [0.15, 0.2) is 0 Å². The van der Waals surface area contributed by atoms with Gasteiger partial charge in [-0.2, -0.15) is 0 Å². The first kappa shape index (κ1) is 13.1. The first-order chi connectivity index (χ1) is 9.63. The molecule has 2 nitrogen and oxygen atoms in total. The van der Waals surface area contributed by atoms with Crippen LogP contribution in [0.3, 0.4) is 0 Å². The van der Waals surface area contributed by atoms with Gasteiger partial charge < -0.3 is 5.32 Å². The van der Waals surface area contributed by atoms with E-state index in [2.05, 4.69) is 10.3 Å². The van der Waals surface area contributed by atoms with E-state index < -0.39 is 17.5 Å². The first-order valence-corrected chi connectivity index (χ1v) is 6.46. The van der Waals surface area contributed by atoms with Gasteiger partial charge in [-0.3, -0.25) is 4.98 Å². The number of nitrogens with zero attached hydrogens (tertiary/aromatic N) is 1. The molecule has 1 heterocycles. The van der Waals surface area contributed by atoms with E-state index in [9.17, 15) is 13.2 Å². The summed E-state index contributed by atoms with van der Waals surface area (Å²) < 4.78 is 40.4. The van der Waals surface area contributed by atoms with Crippen molar-refractivity contribution < 1.29 is 13.2 Å². The van der Waals surface area contributed by atoms with Gasteiger partial charge in [0, 0.05) is 42.7 Å². The van der Waals surface area contributed by atoms with E-state index in [0.717, 1.165) is 18.4 Å². The fraction of sp³-hybridized carbons (Fsp3) is 0.267. The molecular formula is C15H13F3N2. The third-order valence-electron chi connectivity index (χ3n) is 3.26. The van der Waals surface area contributed by atoms with Crippen molar-refractivity contribution in [2.75, 3.05) is 0 Å². The molecule has 5 heteroatoms. The molecule has 0 spiro atoms. The minimum Gasteiger partial charge on any atom is -0.310 e. The van der Waals surface area contributed by atoms with Crippen molar-refractivity contribution in [2.45, 2.75) is 25.4 Å². The summed E-state index contributed by atoms with van der Waals surface area (Å²) in [5, 5.41) is 3.30. The Bertz CT molecular complexity index is 616. The SMILES string of the molecule is Fc1cc(F)c(-c2cncc(CNC3CC3)c2)c(F)c1. The maximum atomic E-state index is 13.7. The van der Waals surface area contributed by atoms with E-state index >= 15 is 0 Å². The van der Waals surface area contributed by atoms with E-state index in [1.54, 1.807) is 12.3 Å². The molecule has 104 valence electrons. The van der Waals surface area contributed by atoms with Crippen molar-refractivity contribution in [3.05, 3.63) is 53.6 Å². The molecule has 2 aromatic rings. The largest absolute Gasteiger partial charge is 0.310 e. The number of hydrogen-bond donors (Lipinski definition) is 1. The molecule has 20 heavy (non-hydrogen) atoms. The maximum Gasteiger partial charge on any atom is 0.136 e. The molecule has 1 saturated carbocycles. The lowest BCUT2D eigenvalue weighted by molar-refractivity contribution is 0.548. The molecule has 1 aliphatic carbocycles. The van der Waals surface area contributed by atoms with Crippen molar-refractivity contribution in [3.63, 3.8) is 0 Å². The fourth-order valence-corrected chi connectivity index (χ4v) is 2.09. The van der Waals surface area contributed by atoms with Gasteiger partial charge in [-0.05, 0) is 24.5 Å². The smallest absolute Gasteiger partial charge is 0.136 e. The molecule has 0 atom stereocenters. The number of nitrogens with one attached hydrogen (secondary N) is 1.